The molecule has 0 bridgehead atoms. The summed E-state index contributed by atoms with van der Waals surface area (Å²) in [6, 6.07) is -0.797. The van der Waals surface area contributed by atoms with Crippen molar-refractivity contribution in [2.45, 2.75) is 418 Å². The van der Waals surface area contributed by atoms with E-state index in [4.69, 9.17) is 9.05 Å². The standard InChI is InChI=1S/C72H147N2O6P/c1-6-8-10-12-14-16-18-20-22-24-26-28-30-32-33-34-35-36-37-38-39-40-41-42-44-46-48-50-52-54-56-58-60-62-64-66-72(76)73-70(69-80-81(77,78)79-68-67-74(3,4)5)71(75)65-63-61-59-57-55-53-51-49-47-45-43-31-29-27-25-23-21-19-17-15-13-11-9-7-2/h70-71,75H,6-69H2,1-5H3,(H-,73,76,77,78). The maximum atomic E-state index is 13.1. The maximum absolute atomic E-state index is 13.1. The highest BCUT2D eigenvalue weighted by Crippen LogP contribution is 2.38. The number of aliphatic hydroxyl groups is 1. The highest BCUT2D eigenvalue weighted by Gasteiger charge is 2.24. The van der Waals surface area contributed by atoms with Crippen molar-refractivity contribution < 1.29 is 32.9 Å². The minimum absolute atomic E-state index is 0.0170. The zero-order valence-corrected chi connectivity index (χ0v) is 56.7. The number of carbonyl (C=O) groups excluding carboxylic acids is 1. The molecule has 0 aromatic rings. The topological polar surface area (TPSA) is 108 Å². The first-order valence-corrected chi connectivity index (χ1v) is 38.3. The molecule has 0 radical (unpaired) electrons. The number of rotatable bonds is 70. The molecule has 0 aliphatic heterocycles. The first-order chi connectivity index (χ1) is 39.5. The van der Waals surface area contributed by atoms with E-state index in [1.807, 2.05) is 21.1 Å². The summed E-state index contributed by atoms with van der Waals surface area (Å²) in [6.45, 7) is 4.80. The van der Waals surface area contributed by atoms with Crippen LogP contribution >= 0.6 is 7.82 Å². The van der Waals surface area contributed by atoms with Crippen LogP contribution in [0.2, 0.25) is 0 Å². The van der Waals surface area contributed by atoms with Gasteiger partial charge in [0.1, 0.15) is 13.2 Å². The molecule has 0 aromatic heterocycles. The molecule has 0 saturated heterocycles. The lowest BCUT2D eigenvalue weighted by Crippen LogP contribution is -2.46. The van der Waals surface area contributed by atoms with Crippen molar-refractivity contribution in [3.05, 3.63) is 0 Å². The highest BCUT2D eigenvalue weighted by molar-refractivity contribution is 7.45. The van der Waals surface area contributed by atoms with Crippen LogP contribution in [-0.4, -0.2) is 68.5 Å². The molecule has 2 N–H and O–H groups in total. The van der Waals surface area contributed by atoms with Gasteiger partial charge in [-0.15, -0.1) is 0 Å². The number of carbonyl (C=O) groups is 1. The largest absolute Gasteiger partial charge is 0.756 e. The highest BCUT2D eigenvalue weighted by atomic mass is 31.2. The van der Waals surface area contributed by atoms with E-state index in [9.17, 15) is 19.4 Å². The fourth-order valence-electron chi connectivity index (χ4n) is 11.9. The molecule has 3 atom stereocenters. The monoisotopic (exact) mass is 1170 g/mol. The van der Waals surface area contributed by atoms with E-state index in [0.29, 0.717) is 23.9 Å². The summed E-state index contributed by atoms with van der Waals surface area (Å²) in [6.07, 6.45) is 80.6. The molecule has 0 fully saturated rings. The van der Waals surface area contributed by atoms with E-state index in [-0.39, 0.29) is 19.1 Å². The Balaban J connectivity index is 3.92. The minimum Gasteiger partial charge on any atom is -0.756 e. The number of amides is 1. The Hall–Kier alpha value is -0.500. The molecule has 8 nitrogen and oxygen atoms in total. The van der Waals surface area contributed by atoms with Crippen molar-refractivity contribution in [1.82, 2.24) is 5.32 Å². The van der Waals surface area contributed by atoms with Gasteiger partial charge in [-0.25, -0.2) is 0 Å². The summed E-state index contributed by atoms with van der Waals surface area (Å²) < 4.78 is 23.6. The molecule has 0 aliphatic rings. The first kappa shape index (κ1) is 80.5. The van der Waals surface area contributed by atoms with Crippen molar-refractivity contribution in [1.29, 1.82) is 0 Å². The average Bonchev–Trinajstić information content (AvgIpc) is 3.43. The van der Waals surface area contributed by atoms with Gasteiger partial charge in [-0.3, -0.25) is 9.36 Å². The Labute approximate surface area is 508 Å². The quantitative estimate of drug-likeness (QED) is 0.0357. The fraction of sp³-hybridized carbons (Fsp3) is 0.986. The second-order valence-electron chi connectivity index (χ2n) is 27.0. The van der Waals surface area contributed by atoms with Crippen molar-refractivity contribution in [2.24, 2.45) is 0 Å². The van der Waals surface area contributed by atoms with Crippen LogP contribution in [0.25, 0.3) is 0 Å². The number of hydrogen-bond donors (Lipinski definition) is 2. The van der Waals surface area contributed by atoms with E-state index >= 15 is 0 Å². The number of unbranched alkanes of at least 4 members (excludes halogenated alkanes) is 57. The molecule has 3 unspecified atom stereocenters. The fourth-order valence-corrected chi connectivity index (χ4v) is 12.6. The lowest BCUT2D eigenvalue weighted by atomic mass is 10.0. The lowest BCUT2D eigenvalue weighted by molar-refractivity contribution is -0.870. The number of nitrogens with one attached hydrogen (secondary N) is 1. The van der Waals surface area contributed by atoms with E-state index in [1.165, 1.54) is 340 Å². The molecule has 0 spiro atoms. The average molecular weight is 1170 g/mol. The van der Waals surface area contributed by atoms with Gasteiger partial charge in [0.15, 0.2) is 0 Å². The van der Waals surface area contributed by atoms with E-state index in [2.05, 4.69) is 19.2 Å². The Morgan fingerprint density at radius 1 is 0.383 bits per heavy atom. The van der Waals surface area contributed by atoms with E-state index in [1.54, 1.807) is 0 Å². The van der Waals surface area contributed by atoms with Crippen LogP contribution < -0.4 is 10.2 Å². The number of phosphoric acid groups is 1. The number of likely N-dealkylation sites (N-methyl/N-ethyl adjacent to an activating group) is 1. The molecule has 0 rings (SSSR count). The zero-order chi connectivity index (χ0) is 59.1. The zero-order valence-electron chi connectivity index (χ0n) is 55.8. The predicted molar refractivity (Wildman–Crippen MR) is 353 cm³/mol. The third-order valence-electron chi connectivity index (χ3n) is 17.6. The van der Waals surface area contributed by atoms with Gasteiger partial charge in [0.05, 0.1) is 39.9 Å². The third kappa shape index (κ3) is 66.9. The molecule has 0 aliphatic carbocycles. The molecule has 0 heterocycles. The van der Waals surface area contributed by atoms with Gasteiger partial charge in [0.2, 0.25) is 5.91 Å². The maximum Gasteiger partial charge on any atom is 0.268 e. The molecule has 81 heavy (non-hydrogen) atoms. The number of quaternary nitrogens is 1. The molecule has 486 valence electrons. The van der Waals surface area contributed by atoms with Crippen LogP contribution in [0.4, 0.5) is 0 Å². The van der Waals surface area contributed by atoms with Gasteiger partial charge in [0.25, 0.3) is 7.82 Å². The summed E-state index contributed by atoms with van der Waals surface area (Å²) in [4.78, 5) is 25.7. The predicted octanol–water partition coefficient (Wildman–Crippen LogP) is 22.9. The Kier molecular flexibility index (Phi) is 63.6. The molecule has 0 saturated carbocycles. The van der Waals surface area contributed by atoms with Crippen LogP contribution in [0.3, 0.4) is 0 Å². The molecular weight excluding hydrogens is 1020 g/mol. The number of nitrogens with zero attached hydrogens (tertiary/aromatic N) is 1. The van der Waals surface area contributed by atoms with Gasteiger partial charge in [0, 0.05) is 6.42 Å². The van der Waals surface area contributed by atoms with Crippen molar-refractivity contribution in [3.63, 3.8) is 0 Å². The summed E-state index contributed by atoms with van der Waals surface area (Å²) in [5.74, 6) is -0.153. The lowest BCUT2D eigenvalue weighted by Gasteiger charge is -2.30. The van der Waals surface area contributed by atoms with E-state index in [0.717, 1.165) is 38.5 Å². The Morgan fingerprint density at radius 2 is 0.605 bits per heavy atom. The van der Waals surface area contributed by atoms with Crippen LogP contribution in [-0.2, 0) is 18.4 Å². The van der Waals surface area contributed by atoms with Crippen molar-refractivity contribution in [3.8, 4) is 0 Å². The second-order valence-corrected chi connectivity index (χ2v) is 28.4. The van der Waals surface area contributed by atoms with Gasteiger partial charge in [-0.05, 0) is 12.8 Å². The summed E-state index contributed by atoms with van der Waals surface area (Å²) in [5, 5.41) is 14.1. The van der Waals surface area contributed by atoms with Crippen LogP contribution in [0.15, 0.2) is 0 Å². The van der Waals surface area contributed by atoms with Crippen LogP contribution in [0.1, 0.15) is 406 Å². The van der Waals surface area contributed by atoms with Crippen LogP contribution in [0.5, 0.6) is 0 Å². The molecule has 0 aromatic carbocycles. The molecule has 9 heteroatoms. The number of hydrogen-bond acceptors (Lipinski definition) is 6. The van der Waals surface area contributed by atoms with E-state index < -0.39 is 20.0 Å². The normalized spacial score (nSPS) is 13.5. The van der Waals surface area contributed by atoms with Gasteiger partial charge < -0.3 is 28.8 Å². The second kappa shape index (κ2) is 64.0. The molecular formula is C72H147N2O6P. The minimum atomic E-state index is -4.58. The van der Waals surface area contributed by atoms with Crippen molar-refractivity contribution in [2.75, 3.05) is 40.9 Å². The smallest absolute Gasteiger partial charge is 0.268 e. The van der Waals surface area contributed by atoms with Gasteiger partial charge >= 0.3 is 0 Å². The number of phosphoric ester groups is 1. The van der Waals surface area contributed by atoms with Gasteiger partial charge in [-0.1, -0.05) is 386 Å². The third-order valence-corrected chi connectivity index (χ3v) is 18.6. The molecule has 1 amide bonds. The van der Waals surface area contributed by atoms with Crippen LogP contribution in [0, 0.1) is 0 Å². The summed E-state index contributed by atoms with van der Waals surface area (Å²) in [7, 11) is 1.33. The first-order valence-electron chi connectivity index (χ1n) is 36.9. The van der Waals surface area contributed by atoms with Gasteiger partial charge in [-0.2, -0.15) is 0 Å². The summed E-state index contributed by atoms with van der Waals surface area (Å²) >= 11 is 0. The van der Waals surface area contributed by atoms with Crippen molar-refractivity contribution >= 4 is 13.7 Å². The Bertz CT molecular complexity index is 1280. The summed E-state index contributed by atoms with van der Waals surface area (Å²) in [5.41, 5.74) is 0. The Morgan fingerprint density at radius 3 is 0.840 bits per heavy atom. The SMILES string of the molecule is CCCCCCCCCCCCCCCCCCCCCCCCCCCCCCCCCCCCCC(=O)NC(COP(=O)([O-])OCC[N+](C)(C)C)C(O)CCCCCCCCCCCCCCCCCCCCCCCCCC. The number of aliphatic hydroxyl groups excluding tert-OH is 1.